The number of fused-ring (bicyclic) bond motifs is 1. The third-order valence-corrected chi connectivity index (χ3v) is 6.24. The van der Waals surface area contributed by atoms with Crippen LogP contribution < -0.4 is 5.56 Å². The van der Waals surface area contributed by atoms with Gasteiger partial charge < -0.3 is 4.98 Å². The molecule has 0 atom stereocenters. The van der Waals surface area contributed by atoms with Gasteiger partial charge in [0.2, 0.25) is 0 Å². The smallest absolute Gasteiger partial charge is 0.310 e. The van der Waals surface area contributed by atoms with Gasteiger partial charge in [-0.3, -0.25) is 4.79 Å². The normalized spacial score (nSPS) is 12.5. The highest BCUT2D eigenvalue weighted by Gasteiger charge is 2.30. The Bertz CT molecular complexity index is 1220. The van der Waals surface area contributed by atoms with E-state index in [0.29, 0.717) is 10.6 Å². The van der Waals surface area contributed by atoms with E-state index in [2.05, 4.69) is 9.97 Å². The fourth-order valence-corrected chi connectivity index (χ4v) is 4.08. The molecule has 0 aliphatic heterocycles. The number of nitrogens with zero attached hydrogens (tertiary/aromatic N) is 1. The maximum Gasteiger partial charge on any atom is 0.416 e. The molecule has 0 saturated heterocycles. The first kappa shape index (κ1) is 20.3. The maximum atomic E-state index is 12.8. The molecular formula is C18H14ClF3N2O3S. The molecule has 10 heteroatoms. The first-order valence-electron chi connectivity index (χ1n) is 8.12. The molecule has 2 aromatic carbocycles. The Balaban J connectivity index is 2.10. The van der Waals surface area contributed by atoms with Gasteiger partial charge >= 0.3 is 6.18 Å². The van der Waals surface area contributed by atoms with E-state index in [4.69, 9.17) is 11.6 Å². The molecule has 5 nitrogen and oxygen atoms in total. The van der Waals surface area contributed by atoms with Crippen molar-refractivity contribution in [2.75, 3.05) is 5.75 Å². The number of hydrogen-bond acceptors (Lipinski definition) is 4. The summed E-state index contributed by atoms with van der Waals surface area (Å²) >= 11 is 5.97. The molecule has 0 fully saturated rings. The SMILES string of the molecule is CCS(=O)(=O)c1ccc(Cl)cc1Cc1nc2ccc(C(F)(F)F)cc2c(=O)[nH]1. The lowest BCUT2D eigenvalue weighted by Crippen LogP contribution is -2.15. The summed E-state index contributed by atoms with van der Waals surface area (Å²) in [6.07, 6.45) is -4.63. The molecule has 1 N–H and O–H groups in total. The fourth-order valence-electron chi connectivity index (χ4n) is 2.77. The van der Waals surface area contributed by atoms with Crippen LogP contribution in [0.1, 0.15) is 23.9 Å². The molecule has 0 unspecified atom stereocenters. The minimum Gasteiger partial charge on any atom is -0.310 e. The molecule has 0 aliphatic carbocycles. The topological polar surface area (TPSA) is 79.9 Å². The highest BCUT2D eigenvalue weighted by molar-refractivity contribution is 7.91. The minimum atomic E-state index is -4.58. The molecule has 28 heavy (non-hydrogen) atoms. The van der Waals surface area contributed by atoms with Crippen molar-refractivity contribution in [2.45, 2.75) is 24.4 Å². The van der Waals surface area contributed by atoms with Crippen LogP contribution in [0.4, 0.5) is 13.2 Å². The van der Waals surface area contributed by atoms with Crippen molar-refractivity contribution in [3.63, 3.8) is 0 Å². The standard InChI is InChI=1S/C18H14ClF3N2O3S/c1-2-28(26,27)15-6-4-12(19)7-10(15)8-16-23-14-5-3-11(18(20,21)22)9-13(14)17(25)24-16/h3-7,9H,2,8H2,1H3,(H,23,24,25). The number of aromatic amines is 1. The van der Waals surface area contributed by atoms with Crippen LogP contribution in [0.25, 0.3) is 10.9 Å². The Morgan fingerprint density at radius 2 is 1.86 bits per heavy atom. The molecule has 0 bridgehead atoms. The number of nitrogens with one attached hydrogen (secondary N) is 1. The zero-order chi connectivity index (χ0) is 20.7. The number of H-pyrrole nitrogens is 1. The predicted molar refractivity (Wildman–Crippen MR) is 99.4 cm³/mol. The van der Waals surface area contributed by atoms with Gasteiger partial charge in [-0.1, -0.05) is 18.5 Å². The second kappa shape index (κ2) is 7.21. The highest BCUT2D eigenvalue weighted by atomic mass is 35.5. The second-order valence-electron chi connectivity index (χ2n) is 6.07. The van der Waals surface area contributed by atoms with E-state index in [1.54, 1.807) is 0 Å². The zero-order valence-electron chi connectivity index (χ0n) is 14.5. The van der Waals surface area contributed by atoms with Crippen LogP contribution in [-0.2, 0) is 22.4 Å². The molecule has 0 radical (unpaired) electrons. The van der Waals surface area contributed by atoms with Crippen molar-refractivity contribution in [3.8, 4) is 0 Å². The molecule has 0 amide bonds. The van der Waals surface area contributed by atoms with E-state index < -0.39 is 27.1 Å². The highest BCUT2D eigenvalue weighted by Crippen LogP contribution is 2.30. The third kappa shape index (κ3) is 4.05. The van der Waals surface area contributed by atoms with Crippen molar-refractivity contribution in [1.82, 2.24) is 9.97 Å². The van der Waals surface area contributed by atoms with E-state index in [-0.39, 0.29) is 33.8 Å². The number of benzene rings is 2. The van der Waals surface area contributed by atoms with Crippen LogP contribution in [-0.4, -0.2) is 24.1 Å². The number of hydrogen-bond donors (Lipinski definition) is 1. The molecule has 0 saturated carbocycles. The van der Waals surface area contributed by atoms with Crippen LogP contribution in [0, 0.1) is 0 Å². The number of halogens is 4. The first-order chi connectivity index (χ1) is 13.0. The van der Waals surface area contributed by atoms with E-state index in [0.717, 1.165) is 18.2 Å². The van der Waals surface area contributed by atoms with Gasteiger partial charge in [0, 0.05) is 11.4 Å². The maximum absolute atomic E-state index is 12.8. The van der Waals surface area contributed by atoms with Gasteiger partial charge in [0.25, 0.3) is 5.56 Å². The van der Waals surface area contributed by atoms with Crippen molar-refractivity contribution in [1.29, 1.82) is 0 Å². The summed E-state index contributed by atoms with van der Waals surface area (Å²) in [6.45, 7) is 1.50. The Labute approximate surface area is 163 Å². The fraction of sp³-hybridized carbons (Fsp3) is 0.222. The van der Waals surface area contributed by atoms with Crippen LogP contribution in [0.2, 0.25) is 5.02 Å². The Morgan fingerprint density at radius 1 is 1.14 bits per heavy atom. The lowest BCUT2D eigenvalue weighted by molar-refractivity contribution is -0.137. The average Bonchev–Trinajstić information content (AvgIpc) is 2.60. The average molecular weight is 431 g/mol. The van der Waals surface area contributed by atoms with Gasteiger partial charge in [-0.25, -0.2) is 13.4 Å². The minimum absolute atomic E-state index is 0.0542. The zero-order valence-corrected chi connectivity index (χ0v) is 16.0. The van der Waals surface area contributed by atoms with E-state index >= 15 is 0 Å². The van der Waals surface area contributed by atoms with E-state index in [1.165, 1.54) is 25.1 Å². The Morgan fingerprint density at radius 3 is 2.50 bits per heavy atom. The summed E-state index contributed by atoms with van der Waals surface area (Å²) in [7, 11) is -3.54. The van der Waals surface area contributed by atoms with Crippen LogP contribution in [0.5, 0.6) is 0 Å². The van der Waals surface area contributed by atoms with Crippen LogP contribution >= 0.6 is 11.6 Å². The van der Waals surface area contributed by atoms with E-state index in [1.807, 2.05) is 0 Å². The molecule has 1 aromatic heterocycles. The molecule has 0 spiro atoms. The van der Waals surface area contributed by atoms with Gasteiger partial charge in [-0.05, 0) is 42.0 Å². The number of aromatic nitrogens is 2. The molecule has 148 valence electrons. The second-order valence-corrected chi connectivity index (χ2v) is 8.76. The summed E-state index contributed by atoms with van der Waals surface area (Å²) in [5, 5.41) is 0.106. The Kier molecular flexibility index (Phi) is 5.24. The monoisotopic (exact) mass is 430 g/mol. The van der Waals surface area contributed by atoms with Gasteiger partial charge in [-0.15, -0.1) is 0 Å². The number of sulfone groups is 1. The van der Waals surface area contributed by atoms with Gasteiger partial charge in [0.1, 0.15) is 5.82 Å². The van der Waals surface area contributed by atoms with Crippen LogP contribution in [0.15, 0.2) is 46.1 Å². The lowest BCUT2D eigenvalue weighted by atomic mass is 10.1. The molecule has 0 aliphatic rings. The van der Waals surface area contributed by atoms with Gasteiger partial charge in [0.05, 0.1) is 27.1 Å². The molecular weight excluding hydrogens is 417 g/mol. The van der Waals surface area contributed by atoms with Crippen molar-refractivity contribution in [2.24, 2.45) is 0 Å². The quantitative estimate of drug-likeness (QED) is 0.679. The summed E-state index contributed by atoms with van der Waals surface area (Å²) < 4.78 is 63.1. The Hall–Kier alpha value is -2.39. The predicted octanol–water partition coefficient (Wildman–Crippen LogP) is 3.98. The largest absolute Gasteiger partial charge is 0.416 e. The van der Waals surface area contributed by atoms with Gasteiger partial charge in [-0.2, -0.15) is 13.2 Å². The number of rotatable bonds is 4. The van der Waals surface area contributed by atoms with Crippen molar-refractivity contribution >= 4 is 32.3 Å². The number of alkyl halides is 3. The summed E-state index contributed by atoms with van der Waals surface area (Å²) in [5.74, 6) is -0.00384. The summed E-state index contributed by atoms with van der Waals surface area (Å²) in [4.78, 5) is 18.9. The van der Waals surface area contributed by atoms with Gasteiger partial charge in [0.15, 0.2) is 9.84 Å². The lowest BCUT2D eigenvalue weighted by Gasteiger charge is -2.11. The summed E-state index contributed by atoms with van der Waals surface area (Å²) in [6, 6.07) is 6.97. The molecule has 3 aromatic rings. The summed E-state index contributed by atoms with van der Waals surface area (Å²) in [5.41, 5.74) is -1.28. The molecule has 1 heterocycles. The van der Waals surface area contributed by atoms with Crippen molar-refractivity contribution in [3.05, 3.63) is 68.7 Å². The van der Waals surface area contributed by atoms with E-state index in [9.17, 15) is 26.4 Å². The third-order valence-electron chi connectivity index (χ3n) is 4.18. The molecule has 3 rings (SSSR count). The van der Waals surface area contributed by atoms with Crippen LogP contribution in [0.3, 0.4) is 0 Å². The first-order valence-corrected chi connectivity index (χ1v) is 10.2. The van der Waals surface area contributed by atoms with Crippen molar-refractivity contribution < 1.29 is 21.6 Å².